The molecule has 1 fully saturated rings. The summed E-state index contributed by atoms with van der Waals surface area (Å²) in [5.74, 6) is -0.365. The number of hydrogen-bond donors (Lipinski definition) is 2. The molecule has 33 heavy (non-hydrogen) atoms. The van der Waals surface area contributed by atoms with Crippen LogP contribution < -0.4 is 15.0 Å². The highest BCUT2D eigenvalue weighted by molar-refractivity contribution is 5.86. The van der Waals surface area contributed by atoms with Crippen LogP contribution in [0.2, 0.25) is 0 Å². The summed E-state index contributed by atoms with van der Waals surface area (Å²) >= 11 is 0. The van der Waals surface area contributed by atoms with Gasteiger partial charge < -0.3 is 24.8 Å². The summed E-state index contributed by atoms with van der Waals surface area (Å²) in [6.45, 7) is 7.07. The Labute approximate surface area is 195 Å². The largest absolute Gasteiger partial charge is 0.482 e. The van der Waals surface area contributed by atoms with Crippen molar-refractivity contribution >= 4 is 22.4 Å². The fourth-order valence-electron chi connectivity index (χ4n) is 4.46. The topological polar surface area (TPSA) is 71.0 Å². The highest BCUT2D eigenvalue weighted by Gasteiger charge is 2.21. The van der Waals surface area contributed by atoms with E-state index in [9.17, 15) is 4.79 Å². The first-order chi connectivity index (χ1) is 16.0. The third-order valence-electron chi connectivity index (χ3n) is 6.22. The molecule has 0 aliphatic carbocycles. The second-order valence-corrected chi connectivity index (χ2v) is 8.60. The molecular weight excluding hydrogens is 416 g/mol. The van der Waals surface area contributed by atoms with Gasteiger partial charge in [-0.3, -0.25) is 0 Å². The Morgan fingerprint density at radius 3 is 2.85 bits per heavy atom. The number of hydrogen-bond acceptors (Lipinski definition) is 5. The number of carboxylic acids is 1. The van der Waals surface area contributed by atoms with E-state index < -0.39 is 5.97 Å². The quantitative estimate of drug-likeness (QED) is 0.500. The first-order valence-electron chi connectivity index (χ1n) is 11.5. The minimum atomic E-state index is -0.974. The maximum Gasteiger partial charge on any atom is 0.341 e. The van der Waals surface area contributed by atoms with Gasteiger partial charge >= 0.3 is 5.97 Å². The molecule has 0 bridgehead atoms. The van der Waals surface area contributed by atoms with Crippen LogP contribution in [0.15, 0.2) is 60.7 Å². The van der Waals surface area contributed by atoms with Gasteiger partial charge in [0.1, 0.15) is 5.75 Å². The van der Waals surface area contributed by atoms with Gasteiger partial charge in [-0.05, 0) is 66.9 Å². The third kappa shape index (κ3) is 5.83. The lowest BCUT2D eigenvalue weighted by Crippen LogP contribution is -2.43. The lowest BCUT2D eigenvalue weighted by molar-refractivity contribution is -0.139. The van der Waals surface area contributed by atoms with Crippen molar-refractivity contribution in [2.75, 3.05) is 37.7 Å². The van der Waals surface area contributed by atoms with E-state index in [0.717, 1.165) is 37.3 Å². The number of aliphatic carboxylic acids is 1. The zero-order valence-corrected chi connectivity index (χ0v) is 19.3. The molecule has 0 amide bonds. The van der Waals surface area contributed by atoms with Gasteiger partial charge in [-0.25, -0.2) is 4.79 Å². The van der Waals surface area contributed by atoms with E-state index in [2.05, 4.69) is 65.7 Å². The number of nitrogens with zero attached hydrogens (tertiary/aromatic N) is 1. The second kappa shape index (κ2) is 10.7. The molecule has 3 aromatic rings. The monoisotopic (exact) mass is 448 g/mol. The van der Waals surface area contributed by atoms with Gasteiger partial charge in [0, 0.05) is 24.8 Å². The van der Waals surface area contributed by atoms with Crippen molar-refractivity contribution in [3.05, 3.63) is 71.8 Å². The minimum absolute atomic E-state index is 0.161. The molecule has 4 rings (SSSR count). The lowest BCUT2D eigenvalue weighted by atomic mass is 9.99. The van der Waals surface area contributed by atoms with Crippen molar-refractivity contribution in [3.8, 4) is 5.75 Å². The van der Waals surface area contributed by atoms with Crippen molar-refractivity contribution in [2.45, 2.75) is 32.4 Å². The molecule has 0 saturated carbocycles. The molecule has 1 aliphatic rings. The number of carboxylic acid groups (broad SMARTS) is 1. The minimum Gasteiger partial charge on any atom is -0.482 e. The van der Waals surface area contributed by atoms with Crippen molar-refractivity contribution in [3.63, 3.8) is 0 Å². The summed E-state index contributed by atoms with van der Waals surface area (Å²) in [4.78, 5) is 13.1. The third-order valence-corrected chi connectivity index (χ3v) is 6.22. The molecule has 174 valence electrons. The summed E-state index contributed by atoms with van der Waals surface area (Å²) in [6.07, 6.45) is 1.10. The molecule has 2 atom stereocenters. The number of fused-ring (bicyclic) bond motifs is 1. The Bertz CT molecular complexity index is 1100. The predicted octanol–water partition coefficient (Wildman–Crippen LogP) is 4.56. The molecule has 1 heterocycles. The first-order valence-corrected chi connectivity index (χ1v) is 11.5. The molecule has 0 aromatic heterocycles. The first kappa shape index (κ1) is 23.1. The van der Waals surface area contributed by atoms with Crippen LogP contribution in [0.1, 0.15) is 30.5 Å². The van der Waals surface area contributed by atoms with Gasteiger partial charge in [0.2, 0.25) is 0 Å². The van der Waals surface area contributed by atoms with Crippen molar-refractivity contribution in [1.29, 1.82) is 0 Å². The van der Waals surface area contributed by atoms with E-state index in [4.69, 9.17) is 14.6 Å². The summed E-state index contributed by atoms with van der Waals surface area (Å²) < 4.78 is 11.4. The van der Waals surface area contributed by atoms with Crippen LogP contribution in [0, 0.1) is 6.92 Å². The van der Waals surface area contributed by atoms with E-state index in [1.807, 2.05) is 19.1 Å². The molecule has 1 unspecified atom stereocenters. The number of ether oxygens (including phenoxy) is 2. The SMILES string of the molecule is Cc1cc(N2CCOC(CCN[C@H](C)c3cccc4ccccc34)C2)ccc1OCC(=O)O. The molecule has 1 aliphatic heterocycles. The van der Waals surface area contributed by atoms with Crippen molar-refractivity contribution in [2.24, 2.45) is 0 Å². The standard InChI is InChI=1S/C27H32N2O4/c1-19-16-22(10-11-26(19)33-18-27(30)31)29-14-15-32-23(17-29)12-13-28-20(2)24-9-5-7-21-6-3-4-8-25(21)24/h3-11,16,20,23,28H,12-15,17-18H2,1-2H3,(H,30,31)/t20-,23?/m1/s1. The molecule has 0 spiro atoms. The molecule has 6 nitrogen and oxygen atoms in total. The van der Waals surface area contributed by atoms with E-state index in [-0.39, 0.29) is 18.8 Å². The summed E-state index contributed by atoms with van der Waals surface area (Å²) in [7, 11) is 0. The molecular formula is C27H32N2O4. The average molecular weight is 449 g/mol. The molecule has 0 radical (unpaired) electrons. The summed E-state index contributed by atoms with van der Waals surface area (Å²) in [5, 5.41) is 15.1. The number of morpholine rings is 1. The average Bonchev–Trinajstić information content (AvgIpc) is 2.83. The van der Waals surface area contributed by atoms with Gasteiger partial charge in [0.05, 0.1) is 12.7 Å². The van der Waals surface area contributed by atoms with Crippen LogP contribution >= 0.6 is 0 Å². The zero-order valence-electron chi connectivity index (χ0n) is 19.3. The van der Waals surface area contributed by atoms with Crippen LogP contribution in [-0.2, 0) is 9.53 Å². The zero-order chi connectivity index (χ0) is 23.2. The van der Waals surface area contributed by atoms with Crippen LogP contribution in [0.4, 0.5) is 5.69 Å². The molecule has 3 aromatic carbocycles. The Hall–Kier alpha value is -3.09. The van der Waals surface area contributed by atoms with Gasteiger partial charge in [-0.1, -0.05) is 42.5 Å². The number of carbonyl (C=O) groups is 1. The number of rotatable bonds is 9. The summed E-state index contributed by atoms with van der Waals surface area (Å²) in [5.41, 5.74) is 3.36. The van der Waals surface area contributed by atoms with Crippen LogP contribution in [0.5, 0.6) is 5.75 Å². The van der Waals surface area contributed by atoms with Gasteiger partial charge in [-0.2, -0.15) is 0 Å². The number of aryl methyl sites for hydroxylation is 1. The van der Waals surface area contributed by atoms with E-state index in [1.165, 1.54) is 16.3 Å². The Morgan fingerprint density at radius 1 is 1.21 bits per heavy atom. The molecule has 6 heteroatoms. The Morgan fingerprint density at radius 2 is 2.03 bits per heavy atom. The molecule has 2 N–H and O–H groups in total. The van der Waals surface area contributed by atoms with Gasteiger partial charge in [-0.15, -0.1) is 0 Å². The predicted molar refractivity (Wildman–Crippen MR) is 131 cm³/mol. The fraction of sp³-hybridized carbons (Fsp3) is 0.370. The Kier molecular flexibility index (Phi) is 7.47. The van der Waals surface area contributed by atoms with Crippen LogP contribution in [-0.4, -0.2) is 50.0 Å². The highest BCUT2D eigenvalue weighted by Crippen LogP contribution is 2.27. The van der Waals surface area contributed by atoms with E-state index >= 15 is 0 Å². The maximum atomic E-state index is 10.7. The van der Waals surface area contributed by atoms with Gasteiger partial charge in [0.25, 0.3) is 0 Å². The number of benzene rings is 3. The smallest absolute Gasteiger partial charge is 0.341 e. The normalized spacial score (nSPS) is 17.2. The number of anilines is 1. The molecule has 1 saturated heterocycles. The number of nitrogens with one attached hydrogen (secondary N) is 1. The van der Waals surface area contributed by atoms with E-state index in [1.54, 1.807) is 0 Å². The van der Waals surface area contributed by atoms with Crippen molar-refractivity contribution < 1.29 is 19.4 Å². The van der Waals surface area contributed by atoms with Crippen LogP contribution in [0.3, 0.4) is 0 Å². The van der Waals surface area contributed by atoms with E-state index in [0.29, 0.717) is 12.4 Å². The fourth-order valence-corrected chi connectivity index (χ4v) is 4.46. The van der Waals surface area contributed by atoms with Crippen molar-refractivity contribution in [1.82, 2.24) is 5.32 Å². The summed E-state index contributed by atoms with van der Waals surface area (Å²) in [6, 6.07) is 21.2. The lowest BCUT2D eigenvalue weighted by Gasteiger charge is -2.35. The highest BCUT2D eigenvalue weighted by atomic mass is 16.5. The Balaban J connectivity index is 1.31. The van der Waals surface area contributed by atoms with Gasteiger partial charge in [0.15, 0.2) is 6.61 Å². The van der Waals surface area contributed by atoms with Crippen LogP contribution in [0.25, 0.3) is 10.8 Å². The second-order valence-electron chi connectivity index (χ2n) is 8.60. The maximum absolute atomic E-state index is 10.7.